The molecule has 3 N–H and O–H groups in total. The van der Waals surface area contributed by atoms with E-state index in [0.717, 1.165) is 32.1 Å². The van der Waals surface area contributed by atoms with Crippen LogP contribution in [0.2, 0.25) is 0 Å². The van der Waals surface area contributed by atoms with Gasteiger partial charge in [0.2, 0.25) is 0 Å². The van der Waals surface area contributed by atoms with Gasteiger partial charge in [0.25, 0.3) is 0 Å². The number of carboxylic acid groups (broad SMARTS) is 1. The maximum absolute atomic E-state index is 11.7. The minimum Gasteiger partial charge on any atom is -0.481 e. The predicted octanol–water partition coefficient (Wildman–Crippen LogP) is 5.11. The normalized spacial score (nSPS) is 51.5. The van der Waals surface area contributed by atoms with Crippen molar-refractivity contribution >= 4 is 5.97 Å². The van der Waals surface area contributed by atoms with Gasteiger partial charge >= 0.3 is 5.97 Å². The van der Waals surface area contributed by atoms with Crippen molar-refractivity contribution in [2.45, 2.75) is 104 Å². The molecular formula is C26H44O4. The summed E-state index contributed by atoms with van der Waals surface area (Å²) in [6.45, 7) is 9.44. The van der Waals surface area contributed by atoms with Crippen molar-refractivity contribution in [1.82, 2.24) is 0 Å². The maximum Gasteiger partial charge on any atom is 0.303 e. The summed E-state index contributed by atoms with van der Waals surface area (Å²) in [5.74, 6) is 2.58. The van der Waals surface area contributed by atoms with Crippen LogP contribution in [0.3, 0.4) is 0 Å². The molecule has 0 bridgehead atoms. The number of rotatable bonds is 5. The Labute approximate surface area is 182 Å². The Balaban J connectivity index is 1.61. The minimum absolute atomic E-state index is 0.194. The SMILES string of the molecule is CC[C@@H]1[C@H](O)C2C3CC[C@H]([C@H](C)CCC(=O)O)[C@@]3(C)CCC2[C@@]2(C)CC[C@@H](O)C[C@@H]12. The summed E-state index contributed by atoms with van der Waals surface area (Å²) in [4.78, 5) is 11.1. The van der Waals surface area contributed by atoms with E-state index in [2.05, 4.69) is 27.7 Å². The zero-order valence-electron chi connectivity index (χ0n) is 19.5. The van der Waals surface area contributed by atoms with Crippen molar-refractivity contribution in [1.29, 1.82) is 0 Å². The fourth-order valence-electron chi connectivity index (χ4n) is 9.48. The van der Waals surface area contributed by atoms with Crippen LogP contribution in [-0.2, 0) is 4.79 Å². The molecule has 172 valence electrons. The van der Waals surface area contributed by atoms with Crippen LogP contribution in [0.4, 0.5) is 0 Å². The Kier molecular flexibility index (Phi) is 6.07. The topological polar surface area (TPSA) is 77.8 Å². The van der Waals surface area contributed by atoms with E-state index in [-0.39, 0.29) is 29.5 Å². The number of hydrogen-bond donors (Lipinski definition) is 3. The Bertz CT molecular complexity index is 649. The van der Waals surface area contributed by atoms with E-state index >= 15 is 0 Å². The van der Waals surface area contributed by atoms with Crippen molar-refractivity contribution < 1.29 is 20.1 Å². The van der Waals surface area contributed by atoms with Crippen molar-refractivity contribution in [2.24, 2.45) is 52.3 Å². The van der Waals surface area contributed by atoms with Crippen LogP contribution in [0.1, 0.15) is 91.9 Å². The van der Waals surface area contributed by atoms with Gasteiger partial charge in [0.05, 0.1) is 12.2 Å². The number of aliphatic hydroxyl groups excluding tert-OH is 2. The molecule has 4 rings (SSSR count). The highest BCUT2D eigenvalue weighted by molar-refractivity contribution is 5.66. The molecule has 0 amide bonds. The molecule has 4 heteroatoms. The van der Waals surface area contributed by atoms with E-state index in [4.69, 9.17) is 5.11 Å². The van der Waals surface area contributed by atoms with Crippen LogP contribution in [0.5, 0.6) is 0 Å². The van der Waals surface area contributed by atoms with Crippen LogP contribution in [0.25, 0.3) is 0 Å². The molecule has 0 aromatic carbocycles. The van der Waals surface area contributed by atoms with E-state index in [1.54, 1.807) is 0 Å². The first-order valence-corrected chi connectivity index (χ1v) is 12.7. The van der Waals surface area contributed by atoms with Gasteiger partial charge in [-0.05, 0) is 104 Å². The lowest BCUT2D eigenvalue weighted by atomic mass is 9.41. The average Bonchev–Trinajstić information content (AvgIpc) is 3.05. The second kappa shape index (κ2) is 8.06. The third kappa shape index (κ3) is 3.36. The quantitative estimate of drug-likeness (QED) is 0.577. The molecule has 0 heterocycles. The highest BCUT2D eigenvalue weighted by Gasteiger charge is 2.64. The standard InChI is InChI=1S/C26H44O4/c1-5-17-21-14-16(27)10-12-26(21,4)20-11-13-25(3)18(15(2)6-9-22(28)29)7-8-19(25)23(20)24(17)30/h15-21,23-24,27,30H,5-14H2,1-4H3,(H,28,29)/t15-,16-,17+,18-,19?,20?,21+,23?,24+,25-,26-/m1/s1. The first kappa shape index (κ1) is 22.6. The summed E-state index contributed by atoms with van der Waals surface area (Å²) in [6, 6.07) is 0. The van der Waals surface area contributed by atoms with Crippen LogP contribution < -0.4 is 0 Å². The summed E-state index contributed by atoms with van der Waals surface area (Å²) < 4.78 is 0. The lowest BCUT2D eigenvalue weighted by Gasteiger charge is -2.64. The Morgan fingerprint density at radius 3 is 2.33 bits per heavy atom. The zero-order valence-corrected chi connectivity index (χ0v) is 19.5. The highest BCUT2D eigenvalue weighted by atomic mass is 16.4. The van der Waals surface area contributed by atoms with Gasteiger partial charge in [-0.25, -0.2) is 0 Å². The monoisotopic (exact) mass is 420 g/mol. The zero-order chi connectivity index (χ0) is 21.8. The third-order valence-corrected chi connectivity index (χ3v) is 11.0. The number of carboxylic acids is 1. The fourth-order valence-corrected chi connectivity index (χ4v) is 9.48. The van der Waals surface area contributed by atoms with Gasteiger partial charge in [0.1, 0.15) is 0 Å². The summed E-state index contributed by atoms with van der Waals surface area (Å²) in [6.07, 6.45) is 9.27. The maximum atomic E-state index is 11.7. The lowest BCUT2D eigenvalue weighted by Crippen LogP contribution is -2.62. The van der Waals surface area contributed by atoms with Crippen LogP contribution in [-0.4, -0.2) is 33.5 Å². The van der Waals surface area contributed by atoms with Gasteiger partial charge in [-0.2, -0.15) is 0 Å². The number of fused-ring (bicyclic) bond motifs is 5. The smallest absolute Gasteiger partial charge is 0.303 e. The van der Waals surface area contributed by atoms with E-state index in [1.165, 1.54) is 25.7 Å². The first-order chi connectivity index (χ1) is 14.1. The molecule has 0 aromatic heterocycles. The lowest BCUT2D eigenvalue weighted by molar-refractivity contribution is -0.203. The molecule has 4 saturated carbocycles. The van der Waals surface area contributed by atoms with E-state index < -0.39 is 5.97 Å². The van der Waals surface area contributed by atoms with E-state index in [1.807, 2.05) is 0 Å². The average molecular weight is 421 g/mol. The molecule has 4 nitrogen and oxygen atoms in total. The molecular weight excluding hydrogens is 376 g/mol. The van der Waals surface area contributed by atoms with Crippen LogP contribution >= 0.6 is 0 Å². The van der Waals surface area contributed by atoms with Gasteiger partial charge in [-0.15, -0.1) is 0 Å². The van der Waals surface area contributed by atoms with E-state index in [0.29, 0.717) is 41.4 Å². The molecule has 0 aromatic rings. The van der Waals surface area contributed by atoms with Gasteiger partial charge in [-0.1, -0.05) is 34.1 Å². The molecule has 0 spiro atoms. The molecule has 0 saturated heterocycles. The molecule has 4 aliphatic carbocycles. The summed E-state index contributed by atoms with van der Waals surface area (Å²) in [5, 5.41) is 31.3. The summed E-state index contributed by atoms with van der Waals surface area (Å²) >= 11 is 0. The molecule has 30 heavy (non-hydrogen) atoms. The van der Waals surface area contributed by atoms with Crippen molar-refractivity contribution in [3.8, 4) is 0 Å². The number of aliphatic carboxylic acids is 1. The van der Waals surface area contributed by atoms with Gasteiger partial charge in [0, 0.05) is 6.42 Å². The molecule has 0 radical (unpaired) electrons. The highest BCUT2D eigenvalue weighted by Crippen LogP contribution is 2.69. The summed E-state index contributed by atoms with van der Waals surface area (Å²) in [7, 11) is 0. The van der Waals surface area contributed by atoms with Gasteiger partial charge in [-0.3, -0.25) is 4.79 Å². The fraction of sp³-hybridized carbons (Fsp3) is 0.962. The number of carbonyl (C=O) groups is 1. The Morgan fingerprint density at radius 1 is 1.00 bits per heavy atom. The largest absolute Gasteiger partial charge is 0.481 e. The number of hydrogen-bond acceptors (Lipinski definition) is 3. The molecule has 4 fully saturated rings. The molecule has 4 aliphatic rings. The van der Waals surface area contributed by atoms with Gasteiger partial charge in [0.15, 0.2) is 0 Å². The molecule has 3 unspecified atom stereocenters. The van der Waals surface area contributed by atoms with Crippen molar-refractivity contribution in [2.75, 3.05) is 0 Å². The Hall–Kier alpha value is -0.610. The van der Waals surface area contributed by atoms with Crippen LogP contribution in [0.15, 0.2) is 0 Å². The first-order valence-electron chi connectivity index (χ1n) is 12.7. The van der Waals surface area contributed by atoms with Crippen molar-refractivity contribution in [3.63, 3.8) is 0 Å². The number of aliphatic hydroxyl groups is 2. The van der Waals surface area contributed by atoms with Gasteiger partial charge < -0.3 is 15.3 Å². The predicted molar refractivity (Wildman–Crippen MR) is 118 cm³/mol. The minimum atomic E-state index is -0.683. The second-order valence-electron chi connectivity index (χ2n) is 12.0. The molecule has 11 atom stereocenters. The summed E-state index contributed by atoms with van der Waals surface area (Å²) in [5.41, 5.74) is 0.480. The molecule has 0 aliphatic heterocycles. The van der Waals surface area contributed by atoms with Crippen LogP contribution in [0, 0.1) is 52.3 Å². The third-order valence-electron chi connectivity index (χ3n) is 11.0. The van der Waals surface area contributed by atoms with E-state index in [9.17, 15) is 15.0 Å². The second-order valence-corrected chi connectivity index (χ2v) is 12.0. The Morgan fingerprint density at radius 2 is 1.67 bits per heavy atom. The van der Waals surface area contributed by atoms with Crippen molar-refractivity contribution in [3.05, 3.63) is 0 Å².